The largest absolute Gasteiger partial charge is 0.457 e. The minimum Gasteiger partial charge on any atom is -0.457 e. The van der Waals surface area contributed by atoms with E-state index in [9.17, 15) is 9.59 Å². The number of Topliss-reactive ketones (excluding diaryl/α,β-unsaturated/α-hetero) is 1. The Morgan fingerprint density at radius 2 is 1.94 bits per heavy atom. The van der Waals surface area contributed by atoms with Crippen molar-refractivity contribution < 1.29 is 14.3 Å². The molecule has 0 saturated heterocycles. The molecule has 0 aliphatic heterocycles. The lowest BCUT2D eigenvalue weighted by Gasteiger charge is -2.07. The minimum atomic E-state index is -0.772. The van der Waals surface area contributed by atoms with Crippen LogP contribution in [0.15, 0.2) is 28.7 Å². The number of ether oxygens (including phenoxy) is 1. The Kier molecular flexibility index (Phi) is 4.68. The van der Waals surface area contributed by atoms with Gasteiger partial charge < -0.3 is 4.74 Å². The zero-order valence-corrected chi connectivity index (χ0v) is 10.8. The molecule has 0 radical (unpaired) electrons. The van der Waals surface area contributed by atoms with Crippen molar-refractivity contribution in [3.05, 3.63) is 34.3 Å². The first kappa shape index (κ1) is 12.9. The van der Waals surface area contributed by atoms with Crippen molar-refractivity contribution in [3.8, 4) is 0 Å². The third kappa shape index (κ3) is 3.77. The third-order valence-corrected chi connectivity index (χ3v) is 2.65. The Balaban J connectivity index is 2.65. The summed E-state index contributed by atoms with van der Waals surface area (Å²) >= 11 is 3.32. The number of hydrogen-bond acceptors (Lipinski definition) is 3. The second-order valence-corrected chi connectivity index (χ2v) is 4.50. The van der Waals surface area contributed by atoms with Crippen LogP contribution in [0.25, 0.3) is 0 Å². The Morgan fingerprint density at radius 3 is 2.50 bits per heavy atom. The van der Waals surface area contributed by atoms with Crippen molar-refractivity contribution in [1.82, 2.24) is 0 Å². The number of ketones is 1. The summed E-state index contributed by atoms with van der Waals surface area (Å²) < 4.78 is 5.64. The smallest absolute Gasteiger partial charge is 0.375 e. The number of esters is 1. The van der Waals surface area contributed by atoms with Crippen LogP contribution in [0.2, 0.25) is 0 Å². The van der Waals surface area contributed by atoms with E-state index in [0.29, 0.717) is 0 Å². The maximum Gasteiger partial charge on any atom is 0.375 e. The molecule has 4 heteroatoms. The molecule has 3 nitrogen and oxygen atoms in total. The van der Waals surface area contributed by atoms with E-state index in [4.69, 9.17) is 4.74 Å². The lowest BCUT2D eigenvalue weighted by molar-refractivity contribution is -0.156. The van der Waals surface area contributed by atoms with Crippen molar-refractivity contribution in [3.63, 3.8) is 0 Å². The van der Waals surface area contributed by atoms with Gasteiger partial charge >= 0.3 is 5.97 Å². The van der Waals surface area contributed by atoms with E-state index < -0.39 is 11.8 Å². The molecule has 0 aliphatic rings. The molecular weight excluding hydrogens is 272 g/mol. The van der Waals surface area contributed by atoms with Crippen LogP contribution in [-0.4, -0.2) is 17.9 Å². The summed E-state index contributed by atoms with van der Waals surface area (Å²) in [5.41, 5.74) is 0.785. The van der Waals surface area contributed by atoms with Gasteiger partial charge in [0.05, 0.1) is 6.10 Å². The zero-order chi connectivity index (χ0) is 12.1. The van der Waals surface area contributed by atoms with Crippen LogP contribution >= 0.6 is 15.9 Å². The molecule has 86 valence electrons. The van der Waals surface area contributed by atoms with Crippen molar-refractivity contribution in [2.45, 2.75) is 26.4 Å². The lowest BCUT2D eigenvalue weighted by atomic mass is 10.1. The first-order valence-electron chi connectivity index (χ1n) is 4.98. The van der Waals surface area contributed by atoms with Crippen LogP contribution in [0, 0.1) is 0 Å². The van der Waals surface area contributed by atoms with E-state index in [2.05, 4.69) is 15.9 Å². The van der Waals surface area contributed by atoms with Gasteiger partial charge in [0, 0.05) is 10.9 Å². The van der Waals surface area contributed by atoms with E-state index in [-0.39, 0.29) is 12.5 Å². The van der Waals surface area contributed by atoms with Gasteiger partial charge in [-0.1, -0.05) is 34.1 Å². The molecule has 0 aromatic heterocycles. The molecule has 1 aromatic carbocycles. The molecular formula is C12H13BrO3. The molecule has 0 spiro atoms. The van der Waals surface area contributed by atoms with Crippen LogP contribution in [-0.2, 0) is 20.7 Å². The fourth-order valence-corrected chi connectivity index (χ4v) is 1.59. The van der Waals surface area contributed by atoms with E-state index in [1.54, 1.807) is 19.9 Å². The highest BCUT2D eigenvalue weighted by Crippen LogP contribution is 2.16. The van der Waals surface area contributed by atoms with E-state index in [1.165, 1.54) is 0 Å². The third-order valence-electron chi connectivity index (χ3n) is 1.88. The van der Waals surface area contributed by atoms with Gasteiger partial charge in [0.1, 0.15) is 0 Å². The highest BCUT2D eigenvalue weighted by atomic mass is 79.9. The van der Waals surface area contributed by atoms with Gasteiger partial charge in [-0.2, -0.15) is 0 Å². The summed E-state index contributed by atoms with van der Waals surface area (Å²) in [5, 5.41) is 0. The maximum absolute atomic E-state index is 11.5. The highest BCUT2D eigenvalue weighted by Gasteiger charge is 2.17. The second-order valence-electron chi connectivity index (χ2n) is 3.65. The summed E-state index contributed by atoms with van der Waals surface area (Å²) in [6.07, 6.45) is -0.205. The number of carbonyl (C=O) groups is 2. The number of benzene rings is 1. The molecule has 0 aliphatic carbocycles. The van der Waals surface area contributed by atoms with Crippen LogP contribution in [0.5, 0.6) is 0 Å². The molecule has 0 atom stereocenters. The standard InChI is InChI=1S/C12H13BrO3/c1-8(2)16-12(15)11(14)7-9-5-3-4-6-10(9)13/h3-6,8H,7H2,1-2H3. The predicted octanol–water partition coefficient (Wildman–Crippen LogP) is 2.51. The SMILES string of the molecule is CC(C)OC(=O)C(=O)Cc1ccccc1Br. The first-order valence-corrected chi connectivity index (χ1v) is 5.77. The Morgan fingerprint density at radius 1 is 1.31 bits per heavy atom. The van der Waals surface area contributed by atoms with Gasteiger partial charge in [0.15, 0.2) is 0 Å². The fourth-order valence-electron chi connectivity index (χ4n) is 1.17. The van der Waals surface area contributed by atoms with Crippen molar-refractivity contribution in [2.75, 3.05) is 0 Å². The molecule has 1 rings (SSSR count). The average molecular weight is 285 g/mol. The molecule has 1 aromatic rings. The second kappa shape index (κ2) is 5.80. The number of hydrogen-bond donors (Lipinski definition) is 0. The summed E-state index contributed by atoms with van der Waals surface area (Å²) in [6, 6.07) is 7.30. The van der Waals surface area contributed by atoms with E-state index in [1.807, 2.05) is 18.2 Å². The van der Waals surface area contributed by atoms with E-state index in [0.717, 1.165) is 10.0 Å². The van der Waals surface area contributed by atoms with Crippen LogP contribution in [0.1, 0.15) is 19.4 Å². The van der Waals surface area contributed by atoms with Gasteiger partial charge in [-0.3, -0.25) is 4.79 Å². The molecule has 0 N–H and O–H groups in total. The van der Waals surface area contributed by atoms with Gasteiger partial charge in [-0.05, 0) is 25.5 Å². The normalized spacial score (nSPS) is 10.2. The molecule has 0 unspecified atom stereocenters. The average Bonchev–Trinajstić information content (AvgIpc) is 2.20. The number of rotatable bonds is 4. The fraction of sp³-hybridized carbons (Fsp3) is 0.333. The van der Waals surface area contributed by atoms with E-state index >= 15 is 0 Å². The molecule has 0 amide bonds. The minimum absolute atomic E-state index is 0.0625. The van der Waals surface area contributed by atoms with Crippen molar-refractivity contribution in [2.24, 2.45) is 0 Å². The summed E-state index contributed by atoms with van der Waals surface area (Å²) in [7, 11) is 0. The van der Waals surface area contributed by atoms with Gasteiger partial charge in [-0.25, -0.2) is 4.79 Å². The maximum atomic E-state index is 11.5. The van der Waals surface area contributed by atoms with Gasteiger partial charge in [0.2, 0.25) is 5.78 Å². The summed E-state index contributed by atoms with van der Waals surface area (Å²) in [5.74, 6) is -1.30. The summed E-state index contributed by atoms with van der Waals surface area (Å²) in [6.45, 7) is 3.42. The number of halogens is 1. The van der Waals surface area contributed by atoms with Crippen LogP contribution < -0.4 is 0 Å². The van der Waals surface area contributed by atoms with Crippen LogP contribution in [0.4, 0.5) is 0 Å². The topological polar surface area (TPSA) is 43.4 Å². The molecule has 16 heavy (non-hydrogen) atoms. The van der Waals surface area contributed by atoms with Crippen molar-refractivity contribution >= 4 is 27.7 Å². The lowest BCUT2D eigenvalue weighted by Crippen LogP contribution is -2.22. The molecule has 0 fully saturated rings. The quantitative estimate of drug-likeness (QED) is 0.630. The number of carbonyl (C=O) groups excluding carboxylic acids is 2. The molecule has 0 heterocycles. The predicted molar refractivity (Wildman–Crippen MR) is 64.1 cm³/mol. The summed E-state index contributed by atoms with van der Waals surface area (Å²) in [4.78, 5) is 22.8. The monoisotopic (exact) mass is 284 g/mol. The molecule has 0 saturated carbocycles. The van der Waals surface area contributed by atoms with Gasteiger partial charge in [-0.15, -0.1) is 0 Å². The Labute approximate surface area is 103 Å². The Bertz CT molecular complexity index is 399. The molecule has 0 bridgehead atoms. The highest BCUT2D eigenvalue weighted by molar-refractivity contribution is 9.10. The Hall–Kier alpha value is -1.16. The first-order chi connectivity index (χ1) is 7.50. The van der Waals surface area contributed by atoms with Gasteiger partial charge in [0.25, 0.3) is 0 Å². The zero-order valence-electron chi connectivity index (χ0n) is 9.20. The van der Waals surface area contributed by atoms with Crippen molar-refractivity contribution in [1.29, 1.82) is 0 Å². The van der Waals surface area contributed by atoms with Crippen LogP contribution in [0.3, 0.4) is 0 Å².